The van der Waals surface area contributed by atoms with E-state index < -0.39 is 0 Å². The van der Waals surface area contributed by atoms with Gasteiger partial charge < -0.3 is 14.5 Å². The van der Waals surface area contributed by atoms with Crippen molar-refractivity contribution in [1.29, 1.82) is 0 Å². The van der Waals surface area contributed by atoms with Gasteiger partial charge >= 0.3 is 0 Å². The number of ether oxygens (including phenoxy) is 1. The van der Waals surface area contributed by atoms with E-state index in [4.69, 9.17) is 9.72 Å². The summed E-state index contributed by atoms with van der Waals surface area (Å²) in [5.74, 6) is 1.74. The highest BCUT2D eigenvalue weighted by Gasteiger charge is 2.37. The minimum absolute atomic E-state index is 0.510. The molecule has 3 unspecified atom stereocenters. The van der Waals surface area contributed by atoms with Crippen LogP contribution in [0.15, 0.2) is 42.7 Å². The van der Waals surface area contributed by atoms with Crippen molar-refractivity contribution in [2.24, 2.45) is 0 Å². The van der Waals surface area contributed by atoms with Crippen molar-refractivity contribution in [1.82, 2.24) is 24.9 Å². The van der Waals surface area contributed by atoms with E-state index in [0.29, 0.717) is 18.7 Å². The summed E-state index contributed by atoms with van der Waals surface area (Å²) in [7, 11) is 4.50. The largest absolute Gasteiger partial charge is 0.472 e. The number of pyridine rings is 1. The van der Waals surface area contributed by atoms with Crippen LogP contribution in [-0.4, -0.2) is 57.1 Å². The Bertz CT molecular complexity index is 1100. The zero-order valence-corrected chi connectivity index (χ0v) is 18.1. The molecule has 3 aromatic rings. The molecule has 7 heteroatoms. The summed E-state index contributed by atoms with van der Waals surface area (Å²) in [6.07, 6.45) is 9.80. The van der Waals surface area contributed by atoms with Crippen LogP contribution < -0.4 is 9.64 Å². The molecule has 0 amide bonds. The first kappa shape index (κ1) is 18.8. The van der Waals surface area contributed by atoms with E-state index in [2.05, 4.69) is 58.4 Å². The Morgan fingerprint density at radius 3 is 2.61 bits per heavy atom. The van der Waals surface area contributed by atoms with Crippen LogP contribution in [0.4, 0.5) is 5.82 Å². The number of hydrogen-bond acceptors (Lipinski definition) is 6. The van der Waals surface area contributed by atoms with Gasteiger partial charge in [0.1, 0.15) is 12.4 Å². The van der Waals surface area contributed by atoms with Crippen LogP contribution in [0.25, 0.3) is 16.8 Å². The second kappa shape index (κ2) is 7.34. The summed E-state index contributed by atoms with van der Waals surface area (Å²) < 4.78 is 6.10. The fraction of sp³-hybridized carbons (Fsp3) is 0.458. The van der Waals surface area contributed by atoms with Gasteiger partial charge in [0.05, 0.1) is 18.1 Å². The predicted octanol–water partition coefficient (Wildman–Crippen LogP) is 3.67. The summed E-state index contributed by atoms with van der Waals surface area (Å²) in [6, 6.07) is 12.6. The quantitative estimate of drug-likeness (QED) is 0.649. The van der Waals surface area contributed by atoms with Crippen molar-refractivity contribution in [2.75, 3.05) is 19.0 Å². The van der Waals surface area contributed by atoms with Gasteiger partial charge in [0.25, 0.3) is 0 Å². The number of rotatable bonds is 3. The first-order valence-electron chi connectivity index (χ1n) is 11.3. The van der Waals surface area contributed by atoms with E-state index in [1.165, 1.54) is 37.7 Å². The van der Waals surface area contributed by atoms with Crippen molar-refractivity contribution in [3.05, 3.63) is 48.3 Å². The van der Waals surface area contributed by atoms with Gasteiger partial charge in [-0.05, 0) is 74.5 Å². The maximum atomic E-state index is 6.10. The number of benzene rings is 1. The van der Waals surface area contributed by atoms with Crippen LogP contribution in [0, 0.1) is 0 Å². The Hall–Kier alpha value is -2.93. The molecular weight excluding hydrogens is 388 g/mol. The molecule has 2 bridgehead atoms. The lowest BCUT2D eigenvalue weighted by Gasteiger charge is -2.32. The molecule has 2 fully saturated rings. The third-order valence-corrected chi connectivity index (χ3v) is 7.51. The van der Waals surface area contributed by atoms with Crippen molar-refractivity contribution in [2.45, 2.75) is 56.8 Å². The molecule has 0 saturated carbocycles. The van der Waals surface area contributed by atoms with Crippen LogP contribution in [0.3, 0.4) is 0 Å². The normalized spacial score (nSPS) is 24.8. The Kier molecular flexibility index (Phi) is 4.45. The Labute approximate surface area is 182 Å². The first-order valence-corrected chi connectivity index (χ1v) is 11.3. The Morgan fingerprint density at radius 2 is 1.74 bits per heavy atom. The van der Waals surface area contributed by atoms with Crippen LogP contribution in [0.5, 0.6) is 5.88 Å². The van der Waals surface area contributed by atoms with E-state index in [1.54, 1.807) is 17.2 Å². The molecule has 160 valence electrons. The molecule has 3 aliphatic heterocycles. The zero-order valence-electron chi connectivity index (χ0n) is 18.1. The number of nitrogens with zero attached hydrogens (tertiary/aromatic N) is 6. The van der Waals surface area contributed by atoms with Gasteiger partial charge in [-0.25, -0.2) is 0 Å². The molecule has 3 atom stereocenters. The van der Waals surface area contributed by atoms with E-state index in [0.717, 1.165) is 34.6 Å². The van der Waals surface area contributed by atoms with Crippen LogP contribution in [0.1, 0.15) is 37.7 Å². The molecule has 31 heavy (non-hydrogen) atoms. The van der Waals surface area contributed by atoms with Crippen LogP contribution in [-0.2, 0) is 6.61 Å². The van der Waals surface area contributed by atoms with E-state index in [-0.39, 0.29) is 0 Å². The van der Waals surface area contributed by atoms with Crippen molar-refractivity contribution < 1.29 is 4.74 Å². The van der Waals surface area contributed by atoms with Gasteiger partial charge in [0.2, 0.25) is 5.88 Å². The maximum absolute atomic E-state index is 6.10. The molecule has 2 aromatic heterocycles. The number of anilines is 1. The molecule has 6 rings (SSSR count). The molecule has 0 N–H and O–H groups in total. The van der Waals surface area contributed by atoms with Gasteiger partial charge in [-0.2, -0.15) is 20.0 Å². The average molecular weight is 417 g/mol. The number of fused-ring (bicyclic) bond motifs is 5. The minimum Gasteiger partial charge on any atom is -0.472 e. The van der Waals surface area contributed by atoms with Crippen molar-refractivity contribution >= 4 is 5.82 Å². The fourth-order valence-corrected chi connectivity index (χ4v) is 5.60. The Balaban J connectivity index is 1.26. The SMILES string of the molecule is CN(c1ccc2c(n1)OCc1cc(-n3nccn3)ccc1-2)C1CCC2CCC(C1)N2C. The average Bonchev–Trinajstić information content (AvgIpc) is 3.41. The molecule has 0 radical (unpaired) electrons. The highest BCUT2D eigenvalue weighted by Crippen LogP contribution is 2.39. The van der Waals surface area contributed by atoms with Gasteiger partial charge in [0.15, 0.2) is 0 Å². The van der Waals surface area contributed by atoms with Crippen LogP contribution in [0.2, 0.25) is 0 Å². The summed E-state index contributed by atoms with van der Waals surface area (Å²) in [4.78, 5) is 11.5. The standard InChI is InChI=1S/C24H28N6O/c1-28-17-3-5-18(28)14-19(6-4-17)29(2)23-10-9-22-21-8-7-20(30-25-11-12-26-30)13-16(21)15-31-24(22)27-23/h7-13,17-19H,3-6,14-15H2,1-2H3. The van der Waals surface area contributed by atoms with Crippen molar-refractivity contribution in [3.8, 4) is 22.7 Å². The highest BCUT2D eigenvalue weighted by molar-refractivity contribution is 5.75. The number of hydrogen-bond donors (Lipinski definition) is 0. The lowest BCUT2D eigenvalue weighted by molar-refractivity contribution is 0.242. The molecule has 3 aliphatic rings. The van der Waals surface area contributed by atoms with Crippen molar-refractivity contribution in [3.63, 3.8) is 0 Å². The number of aromatic nitrogens is 4. The second-order valence-electron chi connectivity index (χ2n) is 9.10. The van der Waals surface area contributed by atoms with Gasteiger partial charge in [-0.1, -0.05) is 6.07 Å². The topological polar surface area (TPSA) is 59.3 Å². The summed E-state index contributed by atoms with van der Waals surface area (Å²) >= 11 is 0. The lowest BCUT2D eigenvalue weighted by Crippen LogP contribution is -2.36. The van der Waals surface area contributed by atoms with E-state index >= 15 is 0 Å². The molecule has 7 nitrogen and oxygen atoms in total. The van der Waals surface area contributed by atoms with Gasteiger partial charge in [-0.15, -0.1) is 0 Å². The third-order valence-electron chi connectivity index (χ3n) is 7.51. The molecule has 0 aliphatic carbocycles. The molecule has 1 aromatic carbocycles. The summed E-state index contributed by atoms with van der Waals surface area (Å²) in [5, 5.41) is 8.45. The first-order chi connectivity index (χ1) is 15.2. The molecular formula is C24H28N6O. The third kappa shape index (κ3) is 3.19. The van der Waals surface area contributed by atoms with Crippen LogP contribution >= 0.6 is 0 Å². The second-order valence-corrected chi connectivity index (χ2v) is 9.10. The monoisotopic (exact) mass is 416 g/mol. The minimum atomic E-state index is 0.510. The lowest BCUT2D eigenvalue weighted by atomic mass is 9.95. The zero-order chi connectivity index (χ0) is 20.9. The summed E-state index contributed by atoms with van der Waals surface area (Å²) in [6.45, 7) is 0.510. The summed E-state index contributed by atoms with van der Waals surface area (Å²) in [5.41, 5.74) is 4.30. The molecule has 0 spiro atoms. The Morgan fingerprint density at radius 1 is 0.968 bits per heavy atom. The maximum Gasteiger partial charge on any atom is 0.223 e. The van der Waals surface area contributed by atoms with Gasteiger partial charge in [0, 0.05) is 30.7 Å². The molecule has 2 saturated heterocycles. The smallest absolute Gasteiger partial charge is 0.223 e. The fourth-order valence-electron chi connectivity index (χ4n) is 5.60. The van der Waals surface area contributed by atoms with E-state index in [1.807, 2.05) is 6.07 Å². The van der Waals surface area contributed by atoms with E-state index in [9.17, 15) is 0 Å². The molecule has 5 heterocycles. The van der Waals surface area contributed by atoms with Gasteiger partial charge in [-0.3, -0.25) is 0 Å². The highest BCUT2D eigenvalue weighted by atomic mass is 16.5. The predicted molar refractivity (Wildman–Crippen MR) is 120 cm³/mol.